The molecule has 3 rings (SSSR count). The molecule has 0 aromatic heterocycles. The molecule has 1 aliphatic rings. The maximum Gasteiger partial charge on any atom is 0.310 e. The highest BCUT2D eigenvalue weighted by atomic mass is 16.6. The number of carbonyl (C=O) groups excluding carboxylic acids is 1. The minimum atomic E-state index is -0.515. The van der Waals surface area contributed by atoms with Gasteiger partial charge in [0.15, 0.2) is 12.4 Å². The summed E-state index contributed by atoms with van der Waals surface area (Å²) < 4.78 is 16.3. The monoisotopic (exact) mass is 400 g/mol. The number of hydrogen-bond acceptors (Lipinski definition) is 6. The van der Waals surface area contributed by atoms with Gasteiger partial charge in [-0.2, -0.15) is 0 Å². The van der Waals surface area contributed by atoms with Crippen molar-refractivity contribution in [2.24, 2.45) is 0 Å². The molecule has 1 saturated heterocycles. The molecule has 1 aliphatic heterocycles. The molecule has 29 heavy (non-hydrogen) atoms. The zero-order valence-electron chi connectivity index (χ0n) is 16.7. The van der Waals surface area contributed by atoms with Crippen LogP contribution in [0.5, 0.6) is 17.2 Å². The number of amides is 1. The molecule has 8 heteroatoms. The van der Waals surface area contributed by atoms with Crippen LogP contribution in [0.1, 0.15) is 30.0 Å². The van der Waals surface area contributed by atoms with Crippen LogP contribution in [-0.4, -0.2) is 43.1 Å². The molecule has 8 nitrogen and oxygen atoms in total. The van der Waals surface area contributed by atoms with E-state index in [-0.39, 0.29) is 30.0 Å². The van der Waals surface area contributed by atoms with E-state index in [1.165, 1.54) is 6.07 Å². The number of likely N-dealkylation sites (tertiary alicyclic amines) is 1. The summed E-state index contributed by atoms with van der Waals surface area (Å²) in [6, 6.07) is 9.93. The Morgan fingerprint density at radius 1 is 1.17 bits per heavy atom. The van der Waals surface area contributed by atoms with Gasteiger partial charge < -0.3 is 19.1 Å². The van der Waals surface area contributed by atoms with Crippen molar-refractivity contribution in [1.29, 1.82) is 0 Å². The van der Waals surface area contributed by atoms with Crippen molar-refractivity contribution < 1.29 is 23.9 Å². The van der Waals surface area contributed by atoms with Crippen LogP contribution in [0.4, 0.5) is 5.69 Å². The van der Waals surface area contributed by atoms with Crippen molar-refractivity contribution in [3.8, 4) is 17.2 Å². The highest BCUT2D eigenvalue weighted by molar-refractivity contribution is 5.79. The first-order valence-corrected chi connectivity index (χ1v) is 9.34. The first kappa shape index (κ1) is 20.4. The number of nitro benzene ring substituents is 1. The number of rotatable bonds is 7. The van der Waals surface area contributed by atoms with E-state index >= 15 is 0 Å². The summed E-state index contributed by atoms with van der Waals surface area (Å²) in [7, 11) is 3.18. The van der Waals surface area contributed by atoms with Gasteiger partial charge in [-0.05, 0) is 49.6 Å². The van der Waals surface area contributed by atoms with Crippen molar-refractivity contribution in [3.63, 3.8) is 0 Å². The molecule has 2 aromatic rings. The molecular formula is C21H24N2O6. The maximum absolute atomic E-state index is 12.9. The second-order valence-corrected chi connectivity index (χ2v) is 6.87. The largest absolute Gasteiger partial charge is 0.497 e. The van der Waals surface area contributed by atoms with Gasteiger partial charge >= 0.3 is 5.69 Å². The first-order chi connectivity index (χ1) is 13.9. The molecule has 0 N–H and O–H groups in total. The fourth-order valence-corrected chi connectivity index (χ4v) is 3.60. The molecule has 154 valence electrons. The van der Waals surface area contributed by atoms with Gasteiger partial charge in [0.05, 0.1) is 25.2 Å². The molecule has 0 bridgehead atoms. The van der Waals surface area contributed by atoms with Gasteiger partial charge in [-0.3, -0.25) is 14.9 Å². The number of nitro groups is 1. The lowest BCUT2D eigenvalue weighted by Gasteiger charge is -2.26. The van der Waals surface area contributed by atoms with Crippen LogP contribution in [0, 0.1) is 17.0 Å². The average molecular weight is 400 g/mol. The molecule has 1 amide bonds. The van der Waals surface area contributed by atoms with E-state index in [2.05, 4.69) is 0 Å². The first-order valence-electron chi connectivity index (χ1n) is 9.34. The van der Waals surface area contributed by atoms with Crippen LogP contribution < -0.4 is 14.2 Å². The summed E-state index contributed by atoms with van der Waals surface area (Å²) in [6.45, 7) is 2.13. The summed E-state index contributed by atoms with van der Waals surface area (Å²) in [5.74, 6) is 1.24. The van der Waals surface area contributed by atoms with E-state index in [0.717, 1.165) is 24.0 Å². The van der Waals surface area contributed by atoms with Crippen LogP contribution >= 0.6 is 0 Å². The lowest BCUT2D eigenvalue weighted by molar-refractivity contribution is -0.385. The maximum atomic E-state index is 12.9. The fourth-order valence-electron chi connectivity index (χ4n) is 3.60. The van der Waals surface area contributed by atoms with Crippen molar-refractivity contribution in [3.05, 3.63) is 57.6 Å². The van der Waals surface area contributed by atoms with Crippen molar-refractivity contribution in [1.82, 2.24) is 4.90 Å². The van der Waals surface area contributed by atoms with E-state index in [0.29, 0.717) is 18.0 Å². The van der Waals surface area contributed by atoms with Gasteiger partial charge in [-0.25, -0.2) is 0 Å². The average Bonchev–Trinajstić information content (AvgIpc) is 3.21. The minimum absolute atomic E-state index is 0.0954. The van der Waals surface area contributed by atoms with Gasteiger partial charge in [0.2, 0.25) is 0 Å². The fraction of sp³-hybridized carbons (Fsp3) is 0.381. The number of methoxy groups -OCH3 is 2. The number of aryl methyl sites for hydroxylation is 1. The Balaban J connectivity index is 1.78. The van der Waals surface area contributed by atoms with Gasteiger partial charge in [0.25, 0.3) is 5.91 Å². The summed E-state index contributed by atoms with van der Waals surface area (Å²) in [5.41, 5.74) is 1.54. The number of nitrogens with zero attached hydrogens (tertiary/aromatic N) is 2. The molecule has 1 unspecified atom stereocenters. The molecule has 1 fully saturated rings. The summed E-state index contributed by atoms with van der Waals surface area (Å²) in [5, 5.41) is 11.2. The Bertz CT molecular complexity index is 914. The Hall–Kier alpha value is -3.29. The number of ether oxygens (including phenoxy) is 3. The Morgan fingerprint density at radius 2 is 1.97 bits per heavy atom. The van der Waals surface area contributed by atoms with Crippen molar-refractivity contribution >= 4 is 11.6 Å². The van der Waals surface area contributed by atoms with E-state index in [1.807, 2.05) is 25.1 Å². The van der Waals surface area contributed by atoms with Crippen molar-refractivity contribution in [2.75, 3.05) is 27.4 Å². The third-order valence-electron chi connectivity index (χ3n) is 5.03. The third-order valence-corrected chi connectivity index (χ3v) is 5.03. The van der Waals surface area contributed by atoms with E-state index in [9.17, 15) is 14.9 Å². The Kier molecular flexibility index (Phi) is 6.21. The smallest absolute Gasteiger partial charge is 0.310 e. The van der Waals surface area contributed by atoms with Gasteiger partial charge in [0, 0.05) is 18.2 Å². The molecule has 0 spiro atoms. The molecular weight excluding hydrogens is 376 g/mol. The van der Waals surface area contributed by atoms with E-state index < -0.39 is 4.92 Å². The summed E-state index contributed by atoms with van der Waals surface area (Å²) in [6.07, 6.45) is 1.64. The lowest BCUT2D eigenvalue weighted by Crippen LogP contribution is -2.34. The Labute approximate surface area is 169 Å². The van der Waals surface area contributed by atoms with E-state index in [1.54, 1.807) is 31.3 Å². The van der Waals surface area contributed by atoms with Crippen LogP contribution in [-0.2, 0) is 4.79 Å². The minimum Gasteiger partial charge on any atom is -0.497 e. The molecule has 0 radical (unpaired) electrons. The Morgan fingerprint density at radius 3 is 2.66 bits per heavy atom. The highest BCUT2D eigenvalue weighted by Crippen LogP contribution is 2.39. The predicted molar refractivity (Wildman–Crippen MR) is 107 cm³/mol. The number of carbonyl (C=O) groups is 1. The number of benzene rings is 2. The van der Waals surface area contributed by atoms with Crippen molar-refractivity contribution in [2.45, 2.75) is 25.8 Å². The van der Waals surface area contributed by atoms with Gasteiger partial charge in [0.1, 0.15) is 11.5 Å². The summed E-state index contributed by atoms with van der Waals surface area (Å²) >= 11 is 0. The van der Waals surface area contributed by atoms with E-state index in [4.69, 9.17) is 14.2 Å². The zero-order chi connectivity index (χ0) is 21.0. The molecule has 0 aliphatic carbocycles. The summed E-state index contributed by atoms with van der Waals surface area (Å²) in [4.78, 5) is 25.3. The van der Waals surface area contributed by atoms with Gasteiger partial charge in [-0.1, -0.05) is 6.07 Å². The molecule has 1 atom stereocenters. The van der Waals surface area contributed by atoms with Crippen LogP contribution in [0.25, 0.3) is 0 Å². The lowest BCUT2D eigenvalue weighted by atomic mass is 10.0. The molecule has 2 aromatic carbocycles. The molecule has 1 heterocycles. The van der Waals surface area contributed by atoms with Crippen LogP contribution in [0.3, 0.4) is 0 Å². The zero-order valence-corrected chi connectivity index (χ0v) is 16.7. The normalized spacial score (nSPS) is 15.8. The molecule has 0 saturated carbocycles. The SMILES string of the molecule is COc1ccc(OC)c(C2CCCN2C(=O)COc2cc(C)ccc2[N+](=O)[O-])c1. The quantitative estimate of drug-likeness (QED) is 0.520. The second-order valence-electron chi connectivity index (χ2n) is 6.87. The van der Waals surface area contributed by atoms with Crippen LogP contribution in [0.2, 0.25) is 0 Å². The topological polar surface area (TPSA) is 91.1 Å². The standard InChI is InChI=1S/C21H24N2O6/c1-14-6-8-18(23(25)26)20(11-14)29-13-21(24)22-10-4-5-17(22)16-12-15(27-2)7-9-19(16)28-3/h6-9,11-12,17H,4-5,10,13H2,1-3H3. The predicted octanol–water partition coefficient (Wildman–Crippen LogP) is 3.66. The third kappa shape index (κ3) is 4.42. The highest BCUT2D eigenvalue weighted by Gasteiger charge is 2.32. The van der Waals surface area contributed by atoms with Crippen LogP contribution in [0.15, 0.2) is 36.4 Å². The van der Waals surface area contributed by atoms with Gasteiger partial charge in [-0.15, -0.1) is 0 Å². The second kappa shape index (κ2) is 8.81. The number of hydrogen-bond donors (Lipinski definition) is 0.